The molecule has 2 fully saturated rings. The topological polar surface area (TPSA) is 18.5 Å². The molecule has 106 valence electrons. The van der Waals surface area contributed by atoms with Crippen LogP contribution in [0.2, 0.25) is 11.1 Å². The zero-order valence-electron chi connectivity index (χ0n) is 11.8. The van der Waals surface area contributed by atoms with E-state index in [0.717, 1.165) is 6.42 Å². The van der Waals surface area contributed by atoms with E-state index in [-0.39, 0.29) is 0 Å². The van der Waals surface area contributed by atoms with Crippen LogP contribution in [0.5, 0.6) is 0 Å². The van der Waals surface area contributed by atoms with Gasteiger partial charge in [0, 0.05) is 30.7 Å². The zero-order valence-corrected chi connectivity index (χ0v) is 13.5. The van der Waals surface area contributed by atoms with Crippen molar-refractivity contribution >= 4 is 20.2 Å². The molecule has 0 radical (unpaired) electrons. The predicted molar refractivity (Wildman–Crippen MR) is 78.5 cm³/mol. The molecule has 0 aliphatic heterocycles. The lowest BCUT2D eigenvalue weighted by molar-refractivity contribution is 0.194. The van der Waals surface area contributed by atoms with Crippen molar-refractivity contribution in [3.63, 3.8) is 0 Å². The molecule has 18 heavy (non-hydrogen) atoms. The summed E-state index contributed by atoms with van der Waals surface area (Å²) in [4.78, 5) is 0. The minimum absolute atomic E-state index is 0.338. The van der Waals surface area contributed by atoms with Gasteiger partial charge in [0.25, 0.3) is 0 Å². The van der Waals surface area contributed by atoms with E-state index < -0.39 is 8.56 Å². The molecule has 0 heterocycles. The van der Waals surface area contributed by atoms with Crippen LogP contribution < -0.4 is 0 Å². The Morgan fingerprint density at radius 3 is 2.00 bits per heavy atom. The highest BCUT2D eigenvalue weighted by Gasteiger charge is 2.51. The summed E-state index contributed by atoms with van der Waals surface area (Å²) < 4.78 is 12.1. The monoisotopic (exact) mass is 290 g/mol. The van der Waals surface area contributed by atoms with Crippen LogP contribution in [-0.2, 0) is 8.85 Å². The van der Waals surface area contributed by atoms with Crippen molar-refractivity contribution in [1.82, 2.24) is 0 Å². The first-order chi connectivity index (χ1) is 8.73. The third-order valence-corrected chi connectivity index (χ3v) is 10.0. The molecule has 0 aromatic rings. The molecular formula is C14H27ClO2Si. The largest absolute Gasteiger partial charge is 0.397 e. The summed E-state index contributed by atoms with van der Waals surface area (Å²) in [5, 5.41) is 0.338. The van der Waals surface area contributed by atoms with E-state index in [9.17, 15) is 0 Å². The molecule has 0 spiro atoms. The molecule has 0 amide bonds. The zero-order chi connectivity index (χ0) is 13.0. The quantitative estimate of drug-likeness (QED) is 0.556. The Kier molecular flexibility index (Phi) is 5.55. The van der Waals surface area contributed by atoms with E-state index in [1.807, 2.05) is 14.2 Å². The molecule has 2 aliphatic rings. The van der Waals surface area contributed by atoms with Crippen LogP contribution in [-0.4, -0.2) is 28.2 Å². The SMILES string of the molecule is CO[Si](OC)(C1CCCCC1)C1CCCC(Cl)C1. The maximum Gasteiger partial charge on any atom is 0.344 e. The van der Waals surface area contributed by atoms with Crippen molar-refractivity contribution in [2.75, 3.05) is 14.2 Å². The summed E-state index contributed by atoms with van der Waals surface area (Å²) in [5.41, 5.74) is 1.29. The van der Waals surface area contributed by atoms with Crippen LogP contribution in [0.3, 0.4) is 0 Å². The Balaban J connectivity index is 2.13. The summed E-state index contributed by atoms with van der Waals surface area (Å²) in [6.45, 7) is 0. The van der Waals surface area contributed by atoms with Crippen LogP contribution in [0.4, 0.5) is 0 Å². The van der Waals surface area contributed by atoms with Gasteiger partial charge in [0.05, 0.1) is 0 Å². The smallest absolute Gasteiger partial charge is 0.344 e. The van der Waals surface area contributed by atoms with Gasteiger partial charge in [0.1, 0.15) is 0 Å². The first kappa shape index (κ1) is 14.8. The molecule has 0 aromatic heterocycles. The first-order valence-corrected chi connectivity index (χ1v) is 9.88. The number of halogens is 1. The molecule has 2 saturated carbocycles. The van der Waals surface area contributed by atoms with Gasteiger partial charge in [-0.3, -0.25) is 0 Å². The van der Waals surface area contributed by atoms with Crippen molar-refractivity contribution in [3.05, 3.63) is 0 Å². The highest BCUT2D eigenvalue weighted by molar-refractivity contribution is 6.70. The second-order valence-electron chi connectivity index (χ2n) is 5.93. The van der Waals surface area contributed by atoms with E-state index >= 15 is 0 Å². The molecular weight excluding hydrogens is 264 g/mol. The fourth-order valence-electron chi connectivity index (χ4n) is 4.08. The molecule has 4 heteroatoms. The maximum absolute atomic E-state index is 6.38. The van der Waals surface area contributed by atoms with Gasteiger partial charge in [-0.05, 0) is 32.1 Å². The lowest BCUT2D eigenvalue weighted by Gasteiger charge is -2.44. The number of hydrogen-bond donors (Lipinski definition) is 0. The van der Waals surface area contributed by atoms with Crippen molar-refractivity contribution < 1.29 is 8.85 Å². The summed E-state index contributed by atoms with van der Waals surface area (Å²) in [6.07, 6.45) is 11.5. The molecule has 2 unspecified atom stereocenters. The average Bonchev–Trinajstić information content (AvgIpc) is 2.42. The van der Waals surface area contributed by atoms with Crippen LogP contribution in [0.25, 0.3) is 0 Å². The van der Waals surface area contributed by atoms with Crippen molar-refractivity contribution in [2.24, 2.45) is 0 Å². The molecule has 0 aromatic carbocycles. The summed E-state index contributed by atoms with van der Waals surface area (Å²) in [6, 6.07) is 0. The van der Waals surface area contributed by atoms with E-state index in [2.05, 4.69) is 0 Å². The summed E-state index contributed by atoms with van der Waals surface area (Å²) in [7, 11) is 1.69. The van der Waals surface area contributed by atoms with Crippen molar-refractivity contribution in [1.29, 1.82) is 0 Å². The second kappa shape index (κ2) is 6.73. The minimum atomic E-state index is -2.07. The van der Waals surface area contributed by atoms with E-state index in [1.54, 1.807) is 0 Å². The third kappa shape index (κ3) is 2.95. The normalized spacial score (nSPS) is 31.5. The summed E-state index contributed by atoms with van der Waals surface area (Å²) in [5.74, 6) is 0. The van der Waals surface area contributed by atoms with Gasteiger partial charge in [-0.1, -0.05) is 25.7 Å². The molecule has 0 saturated heterocycles. The van der Waals surface area contributed by atoms with E-state index in [4.69, 9.17) is 20.5 Å². The fraction of sp³-hybridized carbons (Fsp3) is 1.00. The Labute approximate surface area is 118 Å². The Morgan fingerprint density at radius 2 is 1.44 bits per heavy atom. The van der Waals surface area contributed by atoms with E-state index in [0.29, 0.717) is 16.5 Å². The Morgan fingerprint density at radius 1 is 0.833 bits per heavy atom. The molecule has 2 aliphatic carbocycles. The van der Waals surface area contributed by atoms with Gasteiger partial charge in [0.15, 0.2) is 0 Å². The number of hydrogen-bond acceptors (Lipinski definition) is 2. The van der Waals surface area contributed by atoms with Crippen molar-refractivity contribution in [3.8, 4) is 0 Å². The molecule has 2 nitrogen and oxygen atoms in total. The minimum Gasteiger partial charge on any atom is -0.397 e. The van der Waals surface area contributed by atoms with E-state index in [1.165, 1.54) is 51.4 Å². The summed E-state index contributed by atoms with van der Waals surface area (Å²) >= 11 is 6.38. The highest BCUT2D eigenvalue weighted by atomic mass is 35.5. The van der Waals surface area contributed by atoms with Gasteiger partial charge in [-0.2, -0.15) is 0 Å². The van der Waals surface area contributed by atoms with Crippen molar-refractivity contribution in [2.45, 2.75) is 74.2 Å². The van der Waals surface area contributed by atoms with Crippen LogP contribution in [0.15, 0.2) is 0 Å². The molecule has 2 atom stereocenters. The van der Waals surface area contributed by atoms with Gasteiger partial charge < -0.3 is 8.85 Å². The van der Waals surface area contributed by atoms with Crippen LogP contribution in [0, 0.1) is 0 Å². The molecule has 0 N–H and O–H groups in total. The van der Waals surface area contributed by atoms with Crippen LogP contribution in [0.1, 0.15) is 57.8 Å². The molecule has 2 rings (SSSR count). The average molecular weight is 291 g/mol. The Bertz CT molecular complexity index is 252. The predicted octanol–water partition coefficient (Wildman–Crippen LogP) is 4.61. The van der Waals surface area contributed by atoms with Crippen LogP contribution >= 0.6 is 11.6 Å². The first-order valence-electron chi connectivity index (χ1n) is 7.47. The number of alkyl halides is 1. The Hall–Kier alpha value is 0.427. The standard InChI is InChI=1S/C14H27ClO2Si/c1-16-18(17-2,13-8-4-3-5-9-13)14-10-6-7-12(15)11-14/h12-14H,3-11H2,1-2H3. The van der Waals surface area contributed by atoms with Gasteiger partial charge in [-0.15, -0.1) is 11.6 Å². The lowest BCUT2D eigenvalue weighted by Crippen LogP contribution is -2.51. The molecule has 0 bridgehead atoms. The van der Waals surface area contributed by atoms with Gasteiger partial charge in [0.2, 0.25) is 0 Å². The van der Waals surface area contributed by atoms with Gasteiger partial charge >= 0.3 is 8.56 Å². The maximum atomic E-state index is 6.38. The third-order valence-electron chi connectivity index (χ3n) is 4.99. The lowest BCUT2D eigenvalue weighted by atomic mass is 9.99. The fourth-order valence-corrected chi connectivity index (χ4v) is 9.20. The highest BCUT2D eigenvalue weighted by Crippen LogP contribution is 2.49. The second-order valence-corrected chi connectivity index (χ2v) is 10.4. The van der Waals surface area contributed by atoms with Gasteiger partial charge in [-0.25, -0.2) is 0 Å². The number of rotatable bonds is 4.